The van der Waals surface area contributed by atoms with E-state index in [1.807, 2.05) is 47.9 Å². The Kier molecular flexibility index (Phi) is 19.4. The Morgan fingerprint density at radius 3 is 1.43 bits per heavy atom. The Bertz CT molecular complexity index is 2930. The van der Waals surface area contributed by atoms with E-state index in [2.05, 4.69) is 88.5 Å². The molecule has 3 aromatic carbocycles. The van der Waals surface area contributed by atoms with Crippen LogP contribution < -0.4 is 10.9 Å². The fourth-order valence-corrected chi connectivity index (χ4v) is 10.2. The summed E-state index contributed by atoms with van der Waals surface area (Å²) < 4.78 is 72.3. The lowest BCUT2D eigenvalue weighted by Crippen LogP contribution is -2.43. The van der Waals surface area contributed by atoms with Crippen LogP contribution >= 0.6 is 34.2 Å². The molecule has 0 bridgehead atoms. The Morgan fingerprint density at radius 2 is 1.04 bits per heavy atom. The largest absolute Gasteiger partial charge is 0.462 e. The number of esters is 2. The third-order valence-corrected chi connectivity index (χ3v) is 24.3. The van der Waals surface area contributed by atoms with E-state index in [4.69, 9.17) is 29.9 Å². The van der Waals surface area contributed by atoms with Crippen LogP contribution in [0.3, 0.4) is 0 Å². The molecular formula is C55H75ClF3IN2O8Si2. The Balaban J connectivity index is 0.000000321. The zero-order valence-electron chi connectivity index (χ0n) is 45.4. The lowest BCUT2D eigenvalue weighted by molar-refractivity contribution is 0.0513. The Morgan fingerprint density at radius 1 is 0.639 bits per heavy atom. The standard InChI is InChI=1S/C31H40ClF2NO4Si.C24H35FINO4Si/c1-10-38-29(37)22-17-35(26(30(2,3)4)18-39-40(8,9)31(5,6)7)25-16-24(33)20(15-21(25)28(22)36)14-19-12-11-13-23(32)27(19)34;1-10-30-22(29)16-13-27(19-12-17(25)18(26)11-15(19)21(16)28)20(23(2,3)4)14-31-32(8,9)24(5,6)7/h11-13,15-17,26H,10,14,18H2,1-9H3;11-13,20H,10,14H2,1-9H3/t26-;20-/m11/s1. The molecule has 0 spiro atoms. The first-order valence-corrected chi connectivity index (χ1v) is 31.6. The summed E-state index contributed by atoms with van der Waals surface area (Å²) in [4.78, 5) is 52.2. The average molecular weight is 1170 g/mol. The maximum absolute atomic E-state index is 15.6. The zero-order valence-corrected chi connectivity index (χ0v) is 50.4. The summed E-state index contributed by atoms with van der Waals surface area (Å²) in [5.74, 6) is -3.08. The second-order valence-electron chi connectivity index (χ2n) is 23.5. The Hall–Kier alpha value is -3.82. The zero-order chi connectivity index (χ0) is 54.9. The molecule has 0 saturated heterocycles. The third kappa shape index (κ3) is 13.9. The lowest BCUT2D eigenvalue weighted by Gasteiger charge is -2.40. The summed E-state index contributed by atoms with van der Waals surface area (Å²) in [5.41, 5.74) is -0.840. The van der Waals surface area contributed by atoms with Gasteiger partial charge in [-0.25, -0.2) is 22.8 Å². The van der Waals surface area contributed by atoms with Crippen LogP contribution in [0.4, 0.5) is 13.2 Å². The van der Waals surface area contributed by atoms with Gasteiger partial charge in [0.15, 0.2) is 16.6 Å². The molecule has 0 unspecified atom stereocenters. The predicted octanol–water partition coefficient (Wildman–Crippen LogP) is 14.8. The summed E-state index contributed by atoms with van der Waals surface area (Å²) >= 11 is 7.79. The first-order chi connectivity index (χ1) is 32.9. The number of nitrogens with zero attached hydrogens (tertiary/aromatic N) is 2. The maximum Gasteiger partial charge on any atom is 0.343 e. The van der Waals surface area contributed by atoms with Crippen molar-refractivity contribution in [2.45, 2.75) is 152 Å². The molecule has 2 atom stereocenters. The number of halogens is 5. The maximum atomic E-state index is 15.6. The monoisotopic (exact) mass is 1170 g/mol. The first kappa shape index (κ1) is 60.7. The van der Waals surface area contributed by atoms with Crippen LogP contribution in [-0.2, 0) is 24.7 Å². The number of rotatable bonds is 14. The van der Waals surface area contributed by atoms with Crippen molar-refractivity contribution in [3.63, 3.8) is 0 Å². The molecule has 72 heavy (non-hydrogen) atoms. The fraction of sp³-hybridized carbons (Fsp3) is 0.527. The van der Waals surface area contributed by atoms with E-state index in [0.29, 0.717) is 33.2 Å². The van der Waals surface area contributed by atoms with Gasteiger partial charge in [-0.05, 0) is 125 Å². The van der Waals surface area contributed by atoms with Crippen LogP contribution in [0.15, 0.2) is 64.4 Å². The smallest absolute Gasteiger partial charge is 0.343 e. The number of fused-ring (bicyclic) bond motifs is 2. The number of hydrogen-bond acceptors (Lipinski definition) is 8. The van der Waals surface area contributed by atoms with Crippen LogP contribution in [0.2, 0.25) is 41.3 Å². The van der Waals surface area contributed by atoms with Gasteiger partial charge in [-0.3, -0.25) is 9.59 Å². The number of ether oxygens (including phenoxy) is 2. The molecule has 0 aliphatic carbocycles. The van der Waals surface area contributed by atoms with Crippen molar-refractivity contribution in [2.75, 3.05) is 26.4 Å². The highest BCUT2D eigenvalue weighted by molar-refractivity contribution is 14.1. The molecule has 396 valence electrons. The quantitative estimate of drug-likeness (QED) is 0.0613. The van der Waals surface area contributed by atoms with Gasteiger partial charge in [0.2, 0.25) is 10.9 Å². The van der Waals surface area contributed by atoms with Crippen molar-refractivity contribution in [3.8, 4) is 0 Å². The first-order valence-electron chi connectivity index (χ1n) is 24.4. The van der Waals surface area contributed by atoms with Gasteiger partial charge in [-0.2, -0.15) is 0 Å². The molecule has 5 rings (SSSR count). The van der Waals surface area contributed by atoms with Crippen LogP contribution in [0.1, 0.15) is 141 Å². The Labute approximate surface area is 444 Å². The van der Waals surface area contributed by atoms with E-state index in [0.717, 1.165) is 0 Å². The van der Waals surface area contributed by atoms with Gasteiger partial charge in [0.1, 0.15) is 28.6 Å². The number of pyridine rings is 2. The number of aromatic nitrogens is 2. The minimum atomic E-state index is -2.17. The summed E-state index contributed by atoms with van der Waals surface area (Å²) in [7, 11) is -4.23. The minimum absolute atomic E-state index is 0.0271. The molecule has 5 aromatic rings. The lowest BCUT2D eigenvalue weighted by atomic mass is 9.86. The molecule has 0 aliphatic rings. The summed E-state index contributed by atoms with van der Waals surface area (Å²) in [6.45, 7) is 38.3. The molecule has 0 saturated carbocycles. The van der Waals surface area contributed by atoms with E-state index in [-0.39, 0.29) is 79.9 Å². The molecule has 2 heterocycles. The summed E-state index contributed by atoms with van der Waals surface area (Å²) in [5, 5.41) is 0.363. The average Bonchev–Trinajstić information content (AvgIpc) is 3.23. The molecule has 0 aliphatic heterocycles. The number of hydrogen-bond donors (Lipinski definition) is 0. The van der Waals surface area contributed by atoms with Gasteiger partial charge in [-0.1, -0.05) is 107 Å². The SMILES string of the molecule is CCOC(=O)c1cn([C@H](CO[Si](C)(C)C(C)(C)C)C(C)(C)C)c2cc(F)c(Cc3cccc(Cl)c3F)cc2c1=O.CCOC(=O)c1cn([C@H](CO[Si](C)(C)C(C)(C)C)C(C)(C)C)c2cc(F)c(I)cc2c1=O. The van der Waals surface area contributed by atoms with Crippen molar-refractivity contribution in [1.29, 1.82) is 0 Å². The van der Waals surface area contributed by atoms with Gasteiger partial charge >= 0.3 is 11.9 Å². The second kappa shape index (κ2) is 23.0. The van der Waals surface area contributed by atoms with Crippen molar-refractivity contribution in [2.24, 2.45) is 10.8 Å². The van der Waals surface area contributed by atoms with Crippen molar-refractivity contribution in [3.05, 3.63) is 124 Å². The number of carbonyl (C=O) groups is 2. The summed E-state index contributed by atoms with van der Waals surface area (Å²) in [6.07, 6.45) is 2.86. The highest BCUT2D eigenvalue weighted by Crippen LogP contribution is 2.42. The molecular weight excluding hydrogens is 1090 g/mol. The van der Waals surface area contributed by atoms with E-state index >= 15 is 4.39 Å². The molecule has 2 aromatic heterocycles. The molecule has 0 N–H and O–H groups in total. The van der Waals surface area contributed by atoms with E-state index in [9.17, 15) is 28.0 Å². The normalized spacial score (nSPS) is 13.7. The van der Waals surface area contributed by atoms with Crippen molar-refractivity contribution in [1.82, 2.24) is 9.13 Å². The van der Waals surface area contributed by atoms with E-state index in [1.54, 1.807) is 24.5 Å². The van der Waals surface area contributed by atoms with Gasteiger partial charge in [-0.15, -0.1) is 0 Å². The summed E-state index contributed by atoms with van der Waals surface area (Å²) in [6, 6.07) is 9.49. The molecule has 17 heteroatoms. The van der Waals surface area contributed by atoms with Crippen LogP contribution in [0.25, 0.3) is 21.8 Å². The second-order valence-corrected chi connectivity index (χ2v) is 34.7. The highest BCUT2D eigenvalue weighted by atomic mass is 127. The van der Waals surface area contributed by atoms with Crippen LogP contribution in [0.5, 0.6) is 0 Å². The van der Waals surface area contributed by atoms with E-state index in [1.165, 1.54) is 48.8 Å². The predicted molar refractivity (Wildman–Crippen MR) is 298 cm³/mol. The molecule has 10 nitrogen and oxygen atoms in total. The van der Waals surface area contributed by atoms with Crippen LogP contribution in [0, 0.1) is 31.9 Å². The molecule has 0 fully saturated rings. The van der Waals surface area contributed by atoms with Gasteiger partial charge in [0, 0.05) is 33.2 Å². The fourth-order valence-electron chi connectivity index (χ4n) is 7.51. The van der Waals surface area contributed by atoms with Crippen molar-refractivity contribution < 1.29 is 41.1 Å². The number of carbonyl (C=O) groups excluding carboxylic acids is 2. The van der Waals surface area contributed by atoms with Gasteiger partial charge in [0.05, 0.1) is 54.6 Å². The topological polar surface area (TPSA) is 115 Å². The number of benzene rings is 3. The molecule has 0 amide bonds. The minimum Gasteiger partial charge on any atom is -0.462 e. The van der Waals surface area contributed by atoms with Crippen molar-refractivity contribution >= 4 is 84.6 Å². The van der Waals surface area contributed by atoms with Gasteiger partial charge < -0.3 is 27.5 Å². The molecule has 0 radical (unpaired) electrons. The van der Waals surface area contributed by atoms with Crippen LogP contribution in [-0.4, -0.2) is 64.1 Å². The third-order valence-electron chi connectivity index (χ3n) is 14.2. The van der Waals surface area contributed by atoms with Gasteiger partial charge in [0.25, 0.3) is 0 Å². The highest BCUT2D eigenvalue weighted by Gasteiger charge is 2.41. The van der Waals surface area contributed by atoms with E-state index < -0.39 is 62.3 Å².